The van der Waals surface area contributed by atoms with Gasteiger partial charge in [0.2, 0.25) is 10.0 Å². The molecule has 6 nitrogen and oxygen atoms in total. The van der Waals surface area contributed by atoms with Crippen molar-refractivity contribution in [2.75, 3.05) is 30.8 Å². The second-order valence-corrected chi connectivity index (χ2v) is 7.43. The van der Waals surface area contributed by atoms with Crippen LogP contribution in [-0.4, -0.2) is 48.6 Å². The Balaban J connectivity index is 1.97. The van der Waals surface area contributed by atoms with Crippen LogP contribution in [0.5, 0.6) is 0 Å². The van der Waals surface area contributed by atoms with Crippen LogP contribution >= 0.6 is 0 Å². The molecule has 0 spiro atoms. The summed E-state index contributed by atoms with van der Waals surface area (Å²) >= 11 is 0. The summed E-state index contributed by atoms with van der Waals surface area (Å²) in [6, 6.07) is -0.158. The van der Waals surface area contributed by atoms with Gasteiger partial charge < -0.3 is 4.90 Å². The molecule has 0 N–H and O–H groups in total. The quantitative estimate of drug-likeness (QED) is 0.838. The number of aromatic nitrogens is 2. The Morgan fingerprint density at radius 3 is 2.50 bits per heavy atom. The SMILES string of the molecule is CS(=O)(=O)N1CCC[C@@H]1c1nccnc1N1CCCC1. The van der Waals surface area contributed by atoms with Crippen LogP contribution in [0.15, 0.2) is 12.4 Å². The first-order chi connectivity index (χ1) is 9.57. The van der Waals surface area contributed by atoms with Crippen LogP contribution in [0.3, 0.4) is 0 Å². The third-order valence-electron chi connectivity index (χ3n) is 4.06. The number of hydrogen-bond donors (Lipinski definition) is 0. The highest BCUT2D eigenvalue weighted by Crippen LogP contribution is 2.37. The van der Waals surface area contributed by atoms with E-state index in [1.54, 1.807) is 16.7 Å². The Bertz CT molecular complexity index is 584. The molecule has 0 saturated carbocycles. The molecule has 1 aromatic heterocycles. The smallest absolute Gasteiger partial charge is 0.211 e. The average Bonchev–Trinajstić information content (AvgIpc) is 3.09. The minimum atomic E-state index is -3.19. The molecular formula is C13H20N4O2S. The fourth-order valence-corrected chi connectivity index (χ4v) is 4.29. The highest BCUT2D eigenvalue weighted by molar-refractivity contribution is 7.88. The fraction of sp³-hybridized carbons (Fsp3) is 0.692. The molecular weight excluding hydrogens is 276 g/mol. The maximum absolute atomic E-state index is 11.9. The Labute approximate surface area is 119 Å². The van der Waals surface area contributed by atoms with Gasteiger partial charge in [-0.25, -0.2) is 13.4 Å². The topological polar surface area (TPSA) is 66.4 Å². The second-order valence-electron chi connectivity index (χ2n) is 5.49. The van der Waals surface area contributed by atoms with Gasteiger partial charge in [-0.1, -0.05) is 0 Å². The minimum Gasteiger partial charge on any atom is -0.355 e. The fourth-order valence-electron chi connectivity index (χ4n) is 3.16. The summed E-state index contributed by atoms with van der Waals surface area (Å²) in [5, 5.41) is 0. The van der Waals surface area contributed by atoms with Gasteiger partial charge in [-0.3, -0.25) is 4.98 Å². The third kappa shape index (κ3) is 2.52. The normalized spacial score (nSPS) is 24.4. The zero-order valence-corrected chi connectivity index (χ0v) is 12.5. The zero-order chi connectivity index (χ0) is 14.2. The second kappa shape index (κ2) is 5.29. The number of rotatable bonds is 3. The Morgan fingerprint density at radius 2 is 1.80 bits per heavy atom. The van der Waals surface area contributed by atoms with Gasteiger partial charge in [-0.05, 0) is 25.7 Å². The molecule has 0 unspecified atom stereocenters. The van der Waals surface area contributed by atoms with Gasteiger partial charge in [0, 0.05) is 32.0 Å². The van der Waals surface area contributed by atoms with Gasteiger partial charge in [-0.2, -0.15) is 4.31 Å². The van der Waals surface area contributed by atoms with Gasteiger partial charge >= 0.3 is 0 Å². The summed E-state index contributed by atoms with van der Waals surface area (Å²) in [5.74, 6) is 0.866. The first-order valence-corrected chi connectivity index (χ1v) is 8.95. The highest BCUT2D eigenvalue weighted by atomic mass is 32.2. The molecule has 1 aromatic rings. The van der Waals surface area contributed by atoms with Crippen molar-refractivity contribution in [1.82, 2.24) is 14.3 Å². The van der Waals surface area contributed by atoms with Crippen molar-refractivity contribution in [3.63, 3.8) is 0 Å². The van der Waals surface area contributed by atoms with E-state index in [4.69, 9.17) is 0 Å². The van der Waals surface area contributed by atoms with Crippen LogP contribution in [0.1, 0.15) is 37.4 Å². The maximum Gasteiger partial charge on any atom is 0.211 e. The molecule has 2 aliphatic rings. The van der Waals surface area contributed by atoms with Crippen LogP contribution in [0.2, 0.25) is 0 Å². The summed E-state index contributed by atoms with van der Waals surface area (Å²) in [5.41, 5.74) is 0.817. The standard InChI is InChI=1S/C13H20N4O2S/c1-20(18,19)17-10-4-5-11(17)12-13(15-7-6-14-12)16-8-2-3-9-16/h6-7,11H,2-5,8-10H2,1H3/t11-/m1/s1. The summed E-state index contributed by atoms with van der Waals surface area (Å²) in [6.45, 7) is 2.55. The summed E-state index contributed by atoms with van der Waals surface area (Å²) < 4.78 is 25.4. The molecule has 0 aromatic carbocycles. The molecule has 3 heterocycles. The monoisotopic (exact) mass is 296 g/mol. The highest BCUT2D eigenvalue weighted by Gasteiger charge is 2.36. The molecule has 3 rings (SSSR count). The van der Waals surface area contributed by atoms with Crippen LogP contribution in [0, 0.1) is 0 Å². The van der Waals surface area contributed by atoms with E-state index in [1.807, 2.05) is 0 Å². The molecule has 20 heavy (non-hydrogen) atoms. The van der Waals surface area contributed by atoms with Crippen LogP contribution in [0.4, 0.5) is 5.82 Å². The summed E-state index contributed by atoms with van der Waals surface area (Å²) in [6.07, 6.45) is 8.66. The number of sulfonamides is 1. The lowest BCUT2D eigenvalue weighted by atomic mass is 10.1. The van der Waals surface area contributed by atoms with Crippen molar-refractivity contribution < 1.29 is 8.42 Å². The summed E-state index contributed by atoms with van der Waals surface area (Å²) in [7, 11) is -3.19. The van der Waals surface area contributed by atoms with Crippen molar-refractivity contribution >= 4 is 15.8 Å². The van der Waals surface area contributed by atoms with Gasteiger partial charge in [-0.15, -0.1) is 0 Å². The van der Waals surface area contributed by atoms with Gasteiger partial charge in [0.1, 0.15) is 5.69 Å². The van der Waals surface area contributed by atoms with E-state index in [0.29, 0.717) is 6.54 Å². The van der Waals surface area contributed by atoms with Crippen LogP contribution in [0.25, 0.3) is 0 Å². The van der Waals surface area contributed by atoms with Gasteiger partial charge in [0.25, 0.3) is 0 Å². The molecule has 0 aliphatic carbocycles. The van der Waals surface area contributed by atoms with Crippen LogP contribution < -0.4 is 4.90 Å². The molecule has 2 saturated heterocycles. The van der Waals surface area contributed by atoms with Crippen molar-refractivity contribution in [3.8, 4) is 0 Å². The van der Waals surface area contributed by atoms with Crippen molar-refractivity contribution in [1.29, 1.82) is 0 Å². The predicted molar refractivity (Wildman–Crippen MR) is 77.0 cm³/mol. The first kappa shape index (κ1) is 13.8. The lowest BCUT2D eigenvalue weighted by Gasteiger charge is -2.26. The van der Waals surface area contributed by atoms with Crippen molar-refractivity contribution in [2.45, 2.75) is 31.7 Å². The number of nitrogens with zero attached hydrogens (tertiary/aromatic N) is 4. The first-order valence-electron chi connectivity index (χ1n) is 7.10. The summed E-state index contributed by atoms with van der Waals surface area (Å²) in [4.78, 5) is 11.1. The molecule has 110 valence electrons. The Hall–Kier alpha value is -1.21. The average molecular weight is 296 g/mol. The van der Waals surface area contributed by atoms with Crippen molar-refractivity contribution in [2.24, 2.45) is 0 Å². The lowest BCUT2D eigenvalue weighted by molar-refractivity contribution is 0.393. The minimum absolute atomic E-state index is 0.158. The molecule has 1 atom stereocenters. The predicted octanol–water partition coefficient (Wildman–Crippen LogP) is 1.17. The maximum atomic E-state index is 11.9. The van der Waals surface area contributed by atoms with E-state index in [1.165, 1.54) is 6.26 Å². The van der Waals surface area contributed by atoms with E-state index < -0.39 is 10.0 Å². The molecule has 2 aliphatic heterocycles. The third-order valence-corrected chi connectivity index (χ3v) is 5.35. The Kier molecular flexibility index (Phi) is 3.64. The molecule has 2 fully saturated rings. The number of hydrogen-bond acceptors (Lipinski definition) is 5. The number of anilines is 1. The van der Waals surface area contributed by atoms with Crippen molar-refractivity contribution in [3.05, 3.63) is 18.1 Å². The zero-order valence-electron chi connectivity index (χ0n) is 11.7. The van der Waals surface area contributed by atoms with E-state index >= 15 is 0 Å². The van der Waals surface area contributed by atoms with Crippen LogP contribution in [-0.2, 0) is 10.0 Å². The molecule has 0 radical (unpaired) electrons. The lowest BCUT2D eigenvalue weighted by Crippen LogP contribution is -2.32. The molecule has 7 heteroatoms. The van der Waals surface area contributed by atoms with Gasteiger partial charge in [0.15, 0.2) is 5.82 Å². The molecule has 0 bridgehead atoms. The van der Waals surface area contributed by atoms with E-state index in [0.717, 1.165) is 50.3 Å². The largest absolute Gasteiger partial charge is 0.355 e. The Morgan fingerprint density at radius 1 is 1.10 bits per heavy atom. The van der Waals surface area contributed by atoms with E-state index in [2.05, 4.69) is 14.9 Å². The molecule has 0 amide bonds. The van der Waals surface area contributed by atoms with E-state index in [9.17, 15) is 8.42 Å². The van der Waals surface area contributed by atoms with E-state index in [-0.39, 0.29) is 6.04 Å². The van der Waals surface area contributed by atoms with Gasteiger partial charge in [0.05, 0.1) is 12.3 Å².